The number of nitrogens with one attached hydrogen (secondary N) is 1. The fraction of sp³-hybridized carbons (Fsp3) is 0.192. The number of rotatable bonds is 8. The standard InChI is InChI=1S/C26H23ClN2O6S/c1-32-18-8-6-17(7-9-18)12-13-28-25-26(29-24(35-25)20-4-2-3-5-21(20)27)36(30,31)19-10-11-22-23(16-19)34-15-14-33-22/h2-11,16,28H,12-15H2,1H3. The van der Waals surface area contributed by atoms with Crippen LogP contribution in [0.15, 0.2) is 81.1 Å². The van der Waals surface area contributed by atoms with Crippen molar-refractivity contribution in [3.05, 3.63) is 77.3 Å². The molecule has 0 saturated carbocycles. The van der Waals surface area contributed by atoms with Gasteiger partial charge in [0.15, 0.2) is 11.5 Å². The first-order chi connectivity index (χ1) is 17.5. The summed E-state index contributed by atoms with van der Waals surface area (Å²) in [5.74, 6) is 1.76. The summed E-state index contributed by atoms with van der Waals surface area (Å²) in [4.78, 5) is 4.38. The van der Waals surface area contributed by atoms with Crippen LogP contribution in [0.5, 0.6) is 17.2 Å². The van der Waals surface area contributed by atoms with Crippen molar-refractivity contribution in [1.29, 1.82) is 0 Å². The van der Waals surface area contributed by atoms with E-state index in [9.17, 15) is 8.42 Å². The highest BCUT2D eigenvalue weighted by atomic mass is 35.5. The van der Waals surface area contributed by atoms with Crippen molar-refractivity contribution in [2.75, 3.05) is 32.2 Å². The zero-order chi connectivity index (χ0) is 25.1. The number of anilines is 1. The molecule has 3 aromatic carbocycles. The van der Waals surface area contributed by atoms with Crippen molar-refractivity contribution in [3.8, 4) is 28.7 Å². The molecule has 0 radical (unpaired) electrons. The second kappa shape index (κ2) is 10.1. The number of benzene rings is 3. The molecule has 186 valence electrons. The second-order valence-electron chi connectivity index (χ2n) is 7.97. The first kappa shape index (κ1) is 24.0. The largest absolute Gasteiger partial charge is 0.497 e. The smallest absolute Gasteiger partial charge is 0.233 e. The van der Waals surface area contributed by atoms with E-state index in [1.807, 2.05) is 24.3 Å². The normalized spacial score (nSPS) is 12.8. The number of sulfone groups is 1. The minimum atomic E-state index is -4.07. The molecule has 1 N–H and O–H groups in total. The SMILES string of the molecule is COc1ccc(CCNc2oc(-c3ccccc3Cl)nc2S(=O)(=O)c2ccc3c(c2)OCCO3)cc1. The summed E-state index contributed by atoms with van der Waals surface area (Å²) in [5.41, 5.74) is 1.53. The third-order valence-corrected chi connectivity index (χ3v) is 7.63. The lowest BCUT2D eigenvalue weighted by molar-refractivity contribution is 0.171. The van der Waals surface area contributed by atoms with E-state index in [2.05, 4.69) is 10.3 Å². The summed E-state index contributed by atoms with van der Waals surface area (Å²) in [6, 6.07) is 19.1. The molecule has 0 unspecified atom stereocenters. The van der Waals surface area contributed by atoms with Gasteiger partial charge in [0.1, 0.15) is 19.0 Å². The van der Waals surface area contributed by atoms with E-state index in [0.29, 0.717) is 48.3 Å². The Morgan fingerprint density at radius 3 is 2.50 bits per heavy atom. The summed E-state index contributed by atoms with van der Waals surface area (Å²) in [6.45, 7) is 1.16. The second-order valence-corrected chi connectivity index (χ2v) is 10.2. The van der Waals surface area contributed by atoms with Gasteiger partial charge in [0, 0.05) is 12.6 Å². The van der Waals surface area contributed by atoms with Crippen LogP contribution in [0.3, 0.4) is 0 Å². The molecule has 8 nitrogen and oxygen atoms in total. The van der Waals surface area contributed by atoms with Crippen LogP contribution in [0.25, 0.3) is 11.5 Å². The molecule has 0 amide bonds. The van der Waals surface area contributed by atoms with Gasteiger partial charge in [-0.05, 0) is 48.4 Å². The van der Waals surface area contributed by atoms with E-state index < -0.39 is 9.84 Å². The van der Waals surface area contributed by atoms with Crippen LogP contribution in [-0.4, -0.2) is 40.3 Å². The third-order valence-electron chi connectivity index (χ3n) is 5.64. The molecular formula is C26H23ClN2O6S. The lowest BCUT2D eigenvalue weighted by Crippen LogP contribution is -2.16. The van der Waals surface area contributed by atoms with Gasteiger partial charge in [0.25, 0.3) is 0 Å². The van der Waals surface area contributed by atoms with Crippen LogP contribution in [0.1, 0.15) is 5.56 Å². The van der Waals surface area contributed by atoms with Crippen molar-refractivity contribution in [3.63, 3.8) is 0 Å². The highest BCUT2D eigenvalue weighted by molar-refractivity contribution is 7.91. The van der Waals surface area contributed by atoms with Crippen molar-refractivity contribution in [2.45, 2.75) is 16.3 Å². The lowest BCUT2D eigenvalue weighted by atomic mass is 10.1. The van der Waals surface area contributed by atoms with Gasteiger partial charge in [-0.15, -0.1) is 0 Å². The molecule has 1 aromatic heterocycles. The Kier molecular flexibility index (Phi) is 6.75. The zero-order valence-corrected chi connectivity index (χ0v) is 20.9. The average Bonchev–Trinajstić information content (AvgIpc) is 3.34. The van der Waals surface area contributed by atoms with Gasteiger partial charge in [-0.2, -0.15) is 4.98 Å². The van der Waals surface area contributed by atoms with Crippen molar-refractivity contribution in [1.82, 2.24) is 4.98 Å². The molecular weight excluding hydrogens is 504 g/mol. The Hall–Kier alpha value is -3.69. The van der Waals surface area contributed by atoms with Gasteiger partial charge < -0.3 is 23.9 Å². The van der Waals surface area contributed by atoms with Crippen LogP contribution in [0.4, 0.5) is 5.88 Å². The van der Waals surface area contributed by atoms with Gasteiger partial charge in [-0.1, -0.05) is 35.9 Å². The molecule has 2 heterocycles. The Labute approximate surface area is 213 Å². The molecule has 5 rings (SSSR count). The van der Waals surface area contributed by atoms with E-state index >= 15 is 0 Å². The van der Waals surface area contributed by atoms with E-state index in [4.69, 9.17) is 30.2 Å². The molecule has 0 bridgehead atoms. The van der Waals surface area contributed by atoms with Crippen LogP contribution in [0.2, 0.25) is 5.02 Å². The van der Waals surface area contributed by atoms with Crippen molar-refractivity contribution in [2.24, 2.45) is 0 Å². The maximum absolute atomic E-state index is 13.7. The van der Waals surface area contributed by atoms with Gasteiger partial charge >= 0.3 is 0 Å². The Morgan fingerprint density at radius 2 is 1.75 bits per heavy atom. The molecule has 0 aliphatic carbocycles. The average molecular weight is 527 g/mol. The molecule has 0 atom stereocenters. The predicted octanol–water partition coefficient (Wildman–Crippen LogP) is 5.26. The highest BCUT2D eigenvalue weighted by Crippen LogP contribution is 2.38. The number of halogens is 1. The molecule has 0 saturated heterocycles. The minimum Gasteiger partial charge on any atom is -0.497 e. The first-order valence-electron chi connectivity index (χ1n) is 11.2. The van der Waals surface area contributed by atoms with Crippen molar-refractivity contribution < 1.29 is 27.0 Å². The molecule has 1 aliphatic rings. The lowest BCUT2D eigenvalue weighted by Gasteiger charge is -2.18. The summed E-state index contributed by atoms with van der Waals surface area (Å²) in [7, 11) is -2.46. The van der Waals surface area contributed by atoms with Gasteiger partial charge in [0.2, 0.25) is 26.6 Å². The fourth-order valence-corrected chi connectivity index (χ4v) is 5.28. The zero-order valence-electron chi connectivity index (χ0n) is 19.4. The van der Waals surface area contributed by atoms with Crippen LogP contribution in [-0.2, 0) is 16.3 Å². The van der Waals surface area contributed by atoms with E-state index in [1.165, 1.54) is 12.1 Å². The Balaban J connectivity index is 1.48. The topological polar surface area (TPSA) is 99.9 Å². The molecule has 0 fully saturated rings. The quantitative estimate of drug-likeness (QED) is 0.332. The Bertz CT molecular complexity index is 1480. The number of ether oxygens (including phenoxy) is 3. The maximum Gasteiger partial charge on any atom is 0.233 e. The molecule has 1 aliphatic heterocycles. The van der Waals surface area contributed by atoms with Gasteiger partial charge in [-0.25, -0.2) is 8.42 Å². The number of oxazole rings is 1. The predicted molar refractivity (Wildman–Crippen MR) is 135 cm³/mol. The number of methoxy groups -OCH3 is 1. The van der Waals surface area contributed by atoms with Gasteiger partial charge in [-0.3, -0.25) is 0 Å². The summed E-state index contributed by atoms with van der Waals surface area (Å²) in [5, 5.41) is 3.26. The number of hydrogen-bond acceptors (Lipinski definition) is 8. The highest BCUT2D eigenvalue weighted by Gasteiger charge is 2.30. The number of hydrogen-bond donors (Lipinski definition) is 1. The summed E-state index contributed by atoms with van der Waals surface area (Å²) in [6.07, 6.45) is 0.621. The maximum atomic E-state index is 13.7. The summed E-state index contributed by atoms with van der Waals surface area (Å²) < 4.78 is 49.5. The number of nitrogens with zero attached hydrogens (tertiary/aromatic N) is 1. The monoisotopic (exact) mass is 526 g/mol. The first-order valence-corrected chi connectivity index (χ1v) is 13.1. The molecule has 4 aromatic rings. The Morgan fingerprint density at radius 1 is 1.00 bits per heavy atom. The van der Waals surface area contributed by atoms with E-state index in [0.717, 1.165) is 11.3 Å². The third kappa shape index (κ3) is 4.84. The summed E-state index contributed by atoms with van der Waals surface area (Å²) >= 11 is 6.33. The number of aromatic nitrogens is 1. The van der Waals surface area contributed by atoms with Crippen LogP contribution < -0.4 is 19.5 Å². The fourth-order valence-electron chi connectivity index (χ4n) is 3.76. The van der Waals surface area contributed by atoms with Crippen molar-refractivity contribution >= 4 is 27.3 Å². The molecule has 0 spiro atoms. The molecule has 10 heteroatoms. The minimum absolute atomic E-state index is 0.0176. The van der Waals surface area contributed by atoms with E-state index in [-0.39, 0.29) is 21.7 Å². The van der Waals surface area contributed by atoms with Crippen LogP contribution >= 0.6 is 11.6 Å². The number of fused-ring (bicyclic) bond motifs is 1. The van der Waals surface area contributed by atoms with Crippen LogP contribution in [0, 0.1) is 0 Å². The van der Waals surface area contributed by atoms with E-state index in [1.54, 1.807) is 37.4 Å². The molecule has 36 heavy (non-hydrogen) atoms. The van der Waals surface area contributed by atoms with Gasteiger partial charge in [0.05, 0.1) is 22.6 Å².